The van der Waals surface area contributed by atoms with E-state index in [1.807, 2.05) is 6.07 Å². The van der Waals surface area contributed by atoms with Crippen LogP contribution < -0.4 is 10.2 Å². The largest absolute Gasteiger partial charge is 0.492 e. The van der Waals surface area contributed by atoms with Crippen LogP contribution in [0, 0.1) is 13.8 Å². The normalized spacial score (nSPS) is 14.5. The fourth-order valence-corrected chi connectivity index (χ4v) is 3.09. The van der Waals surface area contributed by atoms with Crippen LogP contribution in [0.4, 0.5) is 0 Å². The van der Waals surface area contributed by atoms with Gasteiger partial charge in [-0.1, -0.05) is 24.3 Å². The summed E-state index contributed by atoms with van der Waals surface area (Å²) in [6.45, 7) is 7.32. The van der Waals surface area contributed by atoms with Gasteiger partial charge < -0.3 is 4.74 Å². The van der Waals surface area contributed by atoms with Gasteiger partial charge in [0.05, 0.1) is 0 Å². The van der Waals surface area contributed by atoms with E-state index in [1.54, 1.807) is 17.6 Å². The summed E-state index contributed by atoms with van der Waals surface area (Å²) < 4.78 is 5.81. The summed E-state index contributed by atoms with van der Waals surface area (Å²) >= 11 is 0. The van der Waals surface area contributed by atoms with Gasteiger partial charge in [-0.15, -0.1) is 0 Å². The number of hydrogen-bond acceptors (Lipinski definition) is 4. The van der Waals surface area contributed by atoms with Crippen LogP contribution in [0.3, 0.4) is 0 Å². The van der Waals surface area contributed by atoms with E-state index in [9.17, 15) is 4.79 Å². The van der Waals surface area contributed by atoms with E-state index in [-0.39, 0.29) is 0 Å². The van der Waals surface area contributed by atoms with Crippen LogP contribution in [0.2, 0.25) is 0 Å². The van der Waals surface area contributed by atoms with Crippen molar-refractivity contribution in [3.8, 4) is 5.75 Å². The number of carbonyl (C=O) groups is 1. The lowest BCUT2D eigenvalue weighted by molar-refractivity contribution is 0.0706. The molecule has 0 atom stereocenters. The molecule has 0 spiro atoms. The van der Waals surface area contributed by atoms with E-state index < -0.39 is 5.91 Å². The van der Waals surface area contributed by atoms with Crippen molar-refractivity contribution in [3.05, 3.63) is 64.2 Å². The molecule has 0 radical (unpaired) electrons. The Morgan fingerprint density at radius 2 is 2.00 bits per heavy atom. The van der Waals surface area contributed by atoms with E-state index in [4.69, 9.17) is 9.94 Å². The molecule has 0 fully saturated rings. The van der Waals surface area contributed by atoms with Crippen molar-refractivity contribution < 1.29 is 14.7 Å². The summed E-state index contributed by atoms with van der Waals surface area (Å²) in [5.41, 5.74) is 7.05. The smallest absolute Gasteiger partial charge is 0.274 e. The molecular formula is C19H22N2O3. The predicted molar refractivity (Wildman–Crippen MR) is 91.2 cm³/mol. The van der Waals surface area contributed by atoms with Gasteiger partial charge >= 0.3 is 0 Å². The Kier molecular flexibility index (Phi) is 4.83. The molecule has 0 saturated carbocycles. The van der Waals surface area contributed by atoms with Crippen LogP contribution in [0.1, 0.15) is 32.6 Å². The number of fused-ring (bicyclic) bond motifs is 1. The molecule has 5 nitrogen and oxygen atoms in total. The van der Waals surface area contributed by atoms with Crippen molar-refractivity contribution in [2.45, 2.75) is 26.9 Å². The van der Waals surface area contributed by atoms with Gasteiger partial charge in [-0.05, 0) is 42.7 Å². The number of amides is 1. The Bertz CT molecular complexity index is 738. The van der Waals surface area contributed by atoms with Gasteiger partial charge in [0.15, 0.2) is 0 Å². The molecule has 0 aliphatic carbocycles. The highest BCUT2D eigenvalue weighted by Gasteiger charge is 2.18. The summed E-state index contributed by atoms with van der Waals surface area (Å²) in [5.74, 6) is 0.179. The van der Waals surface area contributed by atoms with Gasteiger partial charge in [0, 0.05) is 30.8 Å². The van der Waals surface area contributed by atoms with Gasteiger partial charge in [0.1, 0.15) is 12.4 Å². The molecular weight excluding hydrogens is 304 g/mol. The maximum Gasteiger partial charge on any atom is 0.274 e. The maximum atomic E-state index is 11.5. The average molecular weight is 326 g/mol. The molecule has 0 bridgehead atoms. The highest BCUT2D eigenvalue weighted by atomic mass is 16.5. The molecule has 2 aromatic rings. The quantitative estimate of drug-likeness (QED) is 0.672. The van der Waals surface area contributed by atoms with Crippen molar-refractivity contribution in [2.75, 3.05) is 13.2 Å². The third-order valence-electron chi connectivity index (χ3n) is 4.52. The molecule has 0 aromatic heterocycles. The Labute approximate surface area is 141 Å². The number of hydroxylamine groups is 1. The highest BCUT2D eigenvalue weighted by Crippen LogP contribution is 2.26. The molecule has 1 aliphatic rings. The number of nitrogens with one attached hydrogen (secondary N) is 1. The molecule has 1 aliphatic heterocycles. The molecule has 5 heteroatoms. The van der Waals surface area contributed by atoms with Gasteiger partial charge in [-0.3, -0.25) is 14.9 Å². The minimum Gasteiger partial charge on any atom is -0.492 e. The first-order valence-corrected chi connectivity index (χ1v) is 8.06. The summed E-state index contributed by atoms with van der Waals surface area (Å²) in [7, 11) is 0. The first-order chi connectivity index (χ1) is 11.6. The van der Waals surface area contributed by atoms with E-state index >= 15 is 0 Å². The van der Waals surface area contributed by atoms with E-state index in [0.29, 0.717) is 17.9 Å². The average Bonchev–Trinajstić information content (AvgIpc) is 2.78. The predicted octanol–water partition coefficient (Wildman–Crippen LogP) is 2.82. The molecule has 1 amide bonds. The summed E-state index contributed by atoms with van der Waals surface area (Å²) in [6.07, 6.45) is 0. The van der Waals surface area contributed by atoms with Crippen molar-refractivity contribution in [2.24, 2.45) is 0 Å². The van der Waals surface area contributed by atoms with Crippen molar-refractivity contribution >= 4 is 5.91 Å². The second-order valence-corrected chi connectivity index (χ2v) is 6.19. The van der Waals surface area contributed by atoms with Gasteiger partial charge in [0.2, 0.25) is 0 Å². The van der Waals surface area contributed by atoms with Crippen LogP contribution >= 0.6 is 0 Å². The van der Waals surface area contributed by atoms with Crippen molar-refractivity contribution in [1.29, 1.82) is 0 Å². The van der Waals surface area contributed by atoms with E-state index in [2.05, 4.69) is 36.9 Å². The molecule has 3 rings (SSSR count). The molecule has 126 valence electrons. The third-order valence-corrected chi connectivity index (χ3v) is 4.52. The Hall–Kier alpha value is -2.37. The zero-order valence-electron chi connectivity index (χ0n) is 14.0. The number of carbonyl (C=O) groups excluding carboxylic acids is 1. The summed E-state index contributed by atoms with van der Waals surface area (Å²) in [5, 5.41) is 8.76. The summed E-state index contributed by atoms with van der Waals surface area (Å²) in [4.78, 5) is 13.9. The molecule has 24 heavy (non-hydrogen) atoms. The zero-order chi connectivity index (χ0) is 17.1. The maximum absolute atomic E-state index is 11.5. The first-order valence-electron chi connectivity index (χ1n) is 8.06. The molecule has 2 aromatic carbocycles. The Morgan fingerprint density at radius 3 is 2.71 bits per heavy atom. The van der Waals surface area contributed by atoms with Crippen molar-refractivity contribution in [1.82, 2.24) is 10.4 Å². The second-order valence-electron chi connectivity index (χ2n) is 6.19. The van der Waals surface area contributed by atoms with Crippen LogP contribution in [-0.4, -0.2) is 29.2 Å². The molecule has 0 unspecified atom stereocenters. The monoisotopic (exact) mass is 326 g/mol. The number of hydrogen-bond donors (Lipinski definition) is 2. The van der Waals surface area contributed by atoms with Crippen molar-refractivity contribution in [3.63, 3.8) is 0 Å². The van der Waals surface area contributed by atoms with Crippen LogP contribution in [0.25, 0.3) is 0 Å². The van der Waals surface area contributed by atoms with Gasteiger partial charge in [-0.2, -0.15) is 0 Å². The zero-order valence-corrected chi connectivity index (χ0v) is 14.0. The highest BCUT2D eigenvalue weighted by molar-refractivity contribution is 5.93. The standard InChI is InChI=1S/C19H22N2O3/c1-13-4-3-5-14(2)17(13)12-21-8-9-24-18-10-15(19(22)20-23)6-7-16(18)11-21/h3-7,10,23H,8-9,11-12H2,1-2H3,(H,20,22). The second kappa shape index (κ2) is 7.03. The summed E-state index contributed by atoms with van der Waals surface area (Å²) in [6, 6.07) is 11.7. The topological polar surface area (TPSA) is 61.8 Å². The van der Waals surface area contributed by atoms with Crippen LogP contribution in [0.5, 0.6) is 5.75 Å². The first kappa shape index (κ1) is 16.5. The third kappa shape index (κ3) is 3.42. The molecule has 0 saturated heterocycles. The lowest BCUT2D eigenvalue weighted by atomic mass is 10.0. The number of aryl methyl sites for hydroxylation is 2. The van der Waals surface area contributed by atoms with Gasteiger partial charge in [-0.25, -0.2) is 5.48 Å². The van der Waals surface area contributed by atoms with Gasteiger partial charge in [0.25, 0.3) is 5.91 Å². The van der Waals surface area contributed by atoms with E-state index in [1.165, 1.54) is 16.7 Å². The lowest BCUT2D eigenvalue weighted by Gasteiger charge is -2.22. The minimum atomic E-state index is -0.530. The number of benzene rings is 2. The SMILES string of the molecule is Cc1cccc(C)c1CN1CCOc2cc(C(=O)NO)ccc2C1. The number of rotatable bonds is 3. The van der Waals surface area contributed by atoms with Crippen LogP contribution in [0.15, 0.2) is 36.4 Å². The fraction of sp³-hybridized carbons (Fsp3) is 0.316. The van der Waals surface area contributed by atoms with Crippen LogP contribution in [-0.2, 0) is 13.1 Å². The molecule has 2 N–H and O–H groups in total. The molecule has 1 heterocycles. The number of ether oxygens (including phenoxy) is 1. The minimum absolute atomic E-state index is 0.388. The fourth-order valence-electron chi connectivity index (χ4n) is 3.09. The Balaban J connectivity index is 1.81. The Morgan fingerprint density at radius 1 is 1.25 bits per heavy atom. The van der Waals surface area contributed by atoms with E-state index in [0.717, 1.165) is 25.2 Å². The lowest BCUT2D eigenvalue weighted by Crippen LogP contribution is -2.26. The number of nitrogens with zero attached hydrogens (tertiary/aromatic N) is 1.